The van der Waals surface area contributed by atoms with Gasteiger partial charge >= 0.3 is 5.97 Å². The molecule has 0 aliphatic carbocycles. The third-order valence-electron chi connectivity index (χ3n) is 4.50. The molecule has 2 fully saturated rings. The number of nitrogens with zero attached hydrogens (tertiary/aromatic N) is 2. The summed E-state index contributed by atoms with van der Waals surface area (Å²) in [5, 5.41) is 9.27. The highest BCUT2D eigenvalue weighted by Gasteiger charge is 2.31. The van der Waals surface area contributed by atoms with Crippen LogP contribution in [0.25, 0.3) is 0 Å². The molecule has 2 rings (SSSR count). The Bertz CT molecular complexity index is 294. The van der Waals surface area contributed by atoms with Crippen LogP contribution in [0.2, 0.25) is 0 Å². The number of carboxylic acid groups (broad SMARTS) is 1. The van der Waals surface area contributed by atoms with Gasteiger partial charge < -0.3 is 5.11 Å². The predicted molar refractivity (Wildman–Crippen MR) is 71.6 cm³/mol. The monoisotopic (exact) mass is 254 g/mol. The van der Waals surface area contributed by atoms with Crippen molar-refractivity contribution < 1.29 is 9.90 Å². The molecule has 2 heterocycles. The molecule has 0 saturated carbocycles. The summed E-state index contributed by atoms with van der Waals surface area (Å²) in [6.45, 7) is 9.20. The fourth-order valence-electron chi connectivity index (χ4n) is 3.24. The van der Waals surface area contributed by atoms with Crippen molar-refractivity contribution in [1.82, 2.24) is 9.80 Å². The minimum absolute atomic E-state index is 0.215. The van der Waals surface area contributed by atoms with E-state index in [1.54, 1.807) is 0 Å². The maximum atomic E-state index is 11.3. The van der Waals surface area contributed by atoms with Crippen molar-refractivity contribution in [2.75, 3.05) is 32.7 Å². The molecule has 104 valence electrons. The number of hydrogen-bond acceptors (Lipinski definition) is 3. The van der Waals surface area contributed by atoms with E-state index >= 15 is 0 Å². The van der Waals surface area contributed by atoms with Crippen LogP contribution in [0.1, 0.15) is 33.1 Å². The van der Waals surface area contributed by atoms with Crippen LogP contribution in [0, 0.1) is 11.8 Å². The van der Waals surface area contributed by atoms with Crippen LogP contribution in [0.4, 0.5) is 0 Å². The normalized spacial score (nSPS) is 28.1. The lowest BCUT2D eigenvalue weighted by molar-refractivity contribution is -0.144. The lowest BCUT2D eigenvalue weighted by Crippen LogP contribution is -2.56. The van der Waals surface area contributed by atoms with Gasteiger partial charge in [0.25, 0.3) is 0 Å². The van der Waals surface area contributed by atoms with Gasteiger partial charge in [0.05, 0.1) is 5.92 Å². The summed E-state index contributed by atoms with van der Waals surface area (Å²) in [4.78, 5) is 16.2. The molecule has 4 nitrogen and oxygen atoms in total. The molecular formula is C14H26N2O2. The fourth-order valence-corrected chi connectivity index (χ4v) is 3.24. The summed E-state index contributed by atoms with van der Waals surface area (Å²) < 4.78 is 0. The average molecular weight is 254 g/mol. The summed E-state index contributed by atoms with van der Waals surface area (Å²) in [5.41, 5.74) is 0. The minimum Gasteiger partial charge on any atom is -0.481 e. The average Bonchev–Trinajstić information content (AvgIpc) is 2.35. The Labute approximate surface area is 110 Å². The summed E-state index contributed by atoms with van der Waals surface area (Å²) in [6, 6.07) is 0.675. The molecule has 4 heteroatoms. The molecule has 0 aromatic carbocycles. The second-order valence-corrected chi connectivity index (χ2v) is 6.13. The number of carboxylic acids is 1. The molecule has 2 unspecified atom stereocenters. The topological polar surface area (TPSA) is 43.8 Å². The molecule has 2 atom stereocenters. The molecule has 0 aromatic heterocycles. The molecule has 0 amide bonds. The number of fused-ring (bicyclic) bond motifs is 1. The maximum Gasteiger partial charge on any atom is 0.308 e. The summed E-state index contributed by atoms with van der Waals surface area (Å²) >= 11 is 0. The summed E-state index contributed by atoms with van der Waals surface area (Å²) in [7, 11) is 0. The van der Waals surface area contributed by atoms with Crippen molar-refractivity contribution in [1.29, 1.82) is 0 Å². The molecule has 0 aromatic rings. The molecule has 2 aliphatic heterocycles. The van der Waals surface area contributed by atoms with Gasteiger partial charge in [0.2, 0.25) is 0 Å². The zero-order valence-corrected chi connectivity index (χ0v) is 11.6. The first-order valence-electron chi connectivity index (χ1n) is 7.27. The maximum absolute atomic E-state index is 11.3. The third-order valence-corrected chi connectivity index (χ3v) is 4.50. The smallest absolute Gasteiger partial charge is 0.308 e. The molecule has 0 bridgehead atoms. The molecular weight excluding hydrogens is 228 g/mol. The lowest BCUT2D eigenvalue weighted by Gasteiger charge is -2.44. The van der Waals surface area contributed by atoms with Gasteiger partial charge in [-0.05, 0) is 25.3 Å². The first-order chi connectivity index (χ1) is 8.58. The Hall–Kier alpha value is -0.610. The summed E-state index contributed by atoms with van der Waals surface area (Å²) in [5.74, 6) is -0.650. The zero-order chi connectivity index (χ0) is 13.1. The zero-order valence-electron chi connectivity index (χ0n) is 11.6. The highest BCUT2D eigenvalue weighted by Crippen LogP contribution is 2.22. The van der Waals surface area contributed by atoms with Crippen LogP contribution in [-0.4, -0.2) is 59.6 Å². The SMILES string of the molecule is CC(C)C(CN1CCN2CCCCC2C1)C(=O)O. The standard InChI is InChI=1S/C14H26N2O2/c1-11(2)13(14(17)18)10-15-7-8-16-6-4-3-5-12(16)9-15/h11-13H,3-10H2,1-2H3,(H,17,18). The van der Waals surface area contributed by atoms with E-state index in [4.69, 9.17) is 0 Å². The van der Waals surface area contributed by atoms with Gasteiger partial charge in [-0.2, -0.15) is 0 Å². The first-order valence-corrected chi connectivity index (χ1v) is 7.27. The van der Waals surface area contributed by atoms with Crippen LogP contribution in [0.5, 0.6) is 0 Å². The minimum atomic E-state index is -0.643. The number of carbonyl (C=O) groups is 1. The largest absolute Gasteiger partial charge is 0.481 e. The van der Waals surface area contributed by atoms with E-state index in [1.165, 1.54) is 25.8 Å². The Morgan fingerprint density at radius 1 is 1.28 bits per heavy atom. The van der Waals surface area contributed by atoms with Crippen molar-refractivity contribution in [3.63, 3.8) is 0 Å². The van der Waals surface area contributed by atoms with Gasteiger partial charge in [-0.3, -0.25) is 14.6 Å². The van der Waals surface area contributed by atoms with E-state index in [2.05, 4.69) is 9.80 Å². The van der Waals surface area contributed by atoms with Gasteiger partial charge in [0.1, 0.15) is 0 Å². The van der Waals surface area contributed by atoms with E-state index in [-0.39, 0.29) is 11.8 Å². The highest BCUT2D eigenvalue weighted by molar-refractivity contribution is 5.70. The Morgan fingerprint density at radius 2 is 2.06 bits per heavy atom. The molecule has 1 N–H and O–H groups in total. The Kier molecular flexibility index (Phi) is 4.62. The number of piperidine rings is 1. The molecule has 0 spiro atoms. The second kappa shape index (κ2) is 6.02. The van der Waals surface area contributed by atoms with Crippen LogP contribution in [0.3, 0.4) is 0 Å². The van der Waals surface area contributed by atoms with Crippen molar-refractivity contribution in [2.45, 2.75) is 39.2 Å². The van der Waals surface area contributed by atoms with Crippen molar-refractivity contribution in [2.24, 2.45) is 11.8 Å². The summed E-state index contributed by atoms with van der Waals surface area (Å²) in [6.07, 6.45) is 3.96. The molecule has 18 heavy (non-hydrogen) atoms. The highest BCUT2D eigenvalue weighted by atomic mass is 16.4. The van der Waals surface area contributed by atoms with E-state index in [0.29, 0.717) is 6.04 Å². The number of hydrogen-bond donors (Lipinski definition) is 1. The quantitative estimate of drug-likeness (QED) is 0.826. The number of rotatable bonds is 4. The number of aliphatic carboxylic acids is 1. The van der Waals surface area contributed by atoms with Crippen LogP contribution in [0.15, 0.2) is 0 Å². The number of piperazine rings is 1. The third kappa shape index (κ3) is 3.23. The Balaban J connectivity index is 1.88. The van der Waals surface area contributed by atoms with Crippen molar-refractivity contribution in [3.05, 3.63) is 0 Å². The van der Waals surface area contributed by atoms with Gasteiger partial charge in [-0.1, -0.05) is 20.3 Å². The second-order valence-electron chi connectivity index (χ2n) is 6.13. The van der Waals surface area contributed by atoms with Crippen LogP contribution >= 0.6 is 0 Å². The van der Waals surface area contributed by atoms with Gasteiger partial charge in [0.15, 0.2) is 0 Å². The van der Waals surface area contributed by atoms with Crippen molar-refractivity contribution >= 4 is 5.97 Å². The lowest BCUT2D eigenvalue weighted by atomic mass is 9.93. The van der Waals surface area contributed by atoms with Crippen molar-refractivity contribution in [3.8, 4) is 0 Å². The van der Waals surface area contributed by atoms with Gasteiger partial charge in [0, 0.05) is 32.2 Å². The van der Waals surface area contributed by atoms with Crippen LogP contribution in [-0.2, 0) is 4.79 Å². The molecule has 0 radical (unpaired) electrons. The predicted octanol–water partition coefficient (Wildman–Crippen LogP) is 1.51. The molecule has 2 aliphatic rings. The van der Waals surface area contributed by atoms with E-state index in [0.717, 1.165) is 26.2 Å². The van der Waals surface area contributed by atoms with Gasteiger partial charge in [-0.25, -0.2) is 0 Å². The van der Waals surface area contributed by atoms with E-state index < -0.39 is 5.97 Å². The van der Waals surface area contributed by atoms with Crippen LogP contribution < -0.4 is 0 Å². The van der Waals surface area contributed by atoms with E-state index in [1.807, 2.05) is 13.8 Å². The molecule has 2 saturated heterocycles. The Morgan fingerprint density at radius 3 is 2.72 bits per heavy atom. The first kappa shape index (κ1) is 13.8. The van der Waals surface area contributed by atoms with E-state index in [9.17, 15) is 9.90 Å². The van der Waals surface area contributed by atoms with Gasteiger partial charge in [-0.15, -0.1) is 0 Å². The fraction of sp³-hybridized carbons (Fsp3) is 0.929.